The van der Waals surface area contributed by atoms with E-state index in [-0.39, 0.29) is 22.6 Å². The lowest BCUT2D eigenvalue weighted by Gasteiger charge is -2.31. The molecule has 3 heterocycles. The molecule has 2 fully saturated rings. The highest BCUT2D eigenvalue weighted by Gasteiger charge is 2.45. The van der Waals surface area contributed by atoms with Crippen LogP contribution in [0.1, 0.15) is 49.4 Å². The number of carbonyl (C=O) groups excluding carboxylic acids is 2. The molecule has 2 N–H and O–H groups in total. The van der Waals surface area contributed by atoms with E-state index in [0.29, 0.717) is 31.6 Å². The molecule has 6 heteroatoms. The third kappa shape index (κ3) is 3.84. The van der Waals surface area contributed by atoms with Gasteiger partial charge >= 0.3 is 0 Å². The van der Waals surface area contributed by atoms with Crippen LogP contribution in [0.5, 0.6) is 0 Å². The second-order valence-corrected chi connectivity index (χ2v) is 8.74. The number of likely N-dealkylation sites (tertiary alicyclic amines) is 1. The highest BCUT2D eigenvalue weighted by atomic mass is 16.2. The van der Waals surface area contributed by atoms with Gasteiger partial charge in [-0.3, -0.25) is 9.59 Å². The van der Waals surface area contributed by atoms with Crippen LogP contribution in [-0.2, 0) is 4.79 Å². The molecule has 2 unspecified atom stereocenters. The van der Waals surface area contributed by atoms with E-state index in [1.165, 1.54) is 6.42 Å². The van der Waals surface area contributed by atoms with Gasteiger partial charge in [0.1, 0.15) is 5.82 Å². The zero-order valence-corrected chi connectivity index (χ0v) is 16.0. The van der Waals surface area contributed by atoms with Crippen molar-refractivity contribution in [2.24, 2.45) is 10.8 Å². The summed E-state index contributed by atoms with van der Waals surface area (Å²) in [7, 11) is 0. The van der Waals surface area contributed by atoms with Crippen LogP contribution in [0.3, 0.4) is 0 Å². The fourth-order valence-corrected chi connectivity index (χ4v) is 4.44. The summed E-state index contributed by atoms with van der Waals surface area (Å²) in [5.74, 6) is 0.920. The van der Waals surface area contributed by atoms with Gasteiger partial charge in [0.25, 0.3) is 5.91 Å². The average molecular weight is 368 g/mol. The summed E-state index contributed by atoms with van der Waals surface area (Å²) in [6.07, 6.45) is 11.0. The van der Waals surface area contributed by atoms with Gasteiger partial charge in [0, 0.05) is 44.2 Å². The van der Waals surface area contributed by atoms with Crippen molar-refractivity contribution in [1.29, 1.82) is 0 Å². The molecule has 1 aromatic heterocycles. The summed E-state index contributed by atoms with van der Waals surface area (Å²) >= 11 is 0. The number of hydrogen-bond acceptors (Lipinski definition) is 4. The van der Waals surface area contributed by atoms with Crippen LogP contribution in [0.25, 0.3) is 0 Å². The van der Waals surface area contributed by atoms with E-state index in [1.807, 2.05) is 17.0 Å². The van der Waals surface area contributed by atoms with Crippen molar-refractivity contribution in [1.82, 2.24) is 15.2 Å². The van der Waals surface area contributed by atoms with Crippen molar-refractivity contribution in [3.8, 4) is 0 Å². The molecule has 0 radical (unpaired) electrons. The lowest BCUT2D eigenvalue weighted by atomic mass is 9.79. The van der Waals surface area contributed by atoms with Crippen LogP contribution in [0.4, 0.5) is 5.82 Å². The van der Waals surface area contributed by atoms with Crippen molar-refractivity contribution in [3.05, 3.63) is 36.0 Å². The fraction of sp³-hybridized carbons (Fsp3) is 0.571. The standard InChI is InChI=1S/C21H28N4O2/c1-20(7-3-2-4-8-20)13-23-17-6-5-16(12-22-17)19(27)25-10-9-21(15-25)11-18(26)24-14-21/h2-3,5-6,12H,4,7-11,13-15H2,1H3,(H,22,23)(H,24,26). The minimum atomic E-state index is -0.0639. The van der Waals surface area contributed by atoms with E-state index >= 15 is 0 Å². The van der Waals surface area contributed by atoms with Crippen LogP contribution in [-0.4, -0.2) is 47.9 Å². The molecule has 2 amide bonds. The maximum absolute atomic E-state index is 12.8. The Morgan fingerprint density at radius 1 is 1.33 bits per heavy atom. The number of rotatable bonds is 4. The lowest BCUT2D eigenvalue weighted by Crippen LogP contribution is -2.33. The molecule has 6 nitrogen and oxygen atoms in total. The molecule has 1 aliphatic carbocycles. The van der Waals surface area contributed by atoms with Gasteiger partial charge < -0.3 is 15.5 Å². The molecular weight excluding hydrogens is 340 g/mol. The monoisotopic (exact) mass is 368 g/mol. The predicted molar refractivity (Wildman–Crippen MR) is 104 cm³/mol. The van der Waals surface area contributed by atoms with E-state index in [4.69, 9.17) is 0 Å². The zero-order chi connectivity index (χ0) is 18.9. The van der Waals surface area contributed by atoms with Gasteiger partial charge in [0.15, 0.2) is 0 Å². The summed E-state index contributed by atoms with van der Waals surface area (Å²) in [5.41, 5.74) is 0.814. The Hall–Kier alpha value is -2.37. The Balaban J connectivity index is 1.34. The number of nitrogens with one attached hydrogen (secondary N) is 2. The summed E-state index contributed by atoms with van der Waals surface area (Å²) in [6, 6.07) is 3.74. The van der Waals surface area contributed by atoms with Gasteiger partial charge in [-0.25, -0.2) is 4.98 Å². The molecule has 27 heavy (non-hydrogen) atoms. The van der Waals surface area contributed by atoms with E-state index in [2.05, 4.69) is 34.7 Å². The van der Waals surface area contributed by atoms with Crippen LogP contribution in [0, 0.1) is 10.8 Å². The first kappa shape index (κ1) is 18.0. The molecule has 1 aromatic rings. The average Bonchev–Trinajstić information content (AvgIpc) is 3.26. The van der Waals surface area contributed by atoms with E-state index in [0.717, 1.165) is 31.6 Å². The molecule has 4 rings (SSSR count). The van der Waals surface area contributed by atoms with Gasteiger partial charge in [-0.15, -0.1) is 0 Å². The lowest BCUT2D eigenvalue weighted by molar-refractivity contribution is -0.119. The smallest absolute Gasteiger partial charge is 0.255 e. The topological polar surface area (TPSA) is 74.3 Å². The third-order valence-corrected chi connectivity index (χ3v) is 6.32. The number of nitrogens with zero attached hydrogens (tertiary/aromatic N) is 2. The van der Waals surface area contributed by atoms with Crippen molar-refractivity contribution in [3.63, 3.8) is 0 Å². The minimum Gasteiger partial charge on any atom is -0.370 e. The number of hydrogen-bond donors (Lipinski definition) is 2. The molecule has 2 atom stereocenters. The first-order valence-corrected chi connectivity index (χ1v) is 9.88. The number of anilines is 1. The second-order valence-electron chi connectivity index (χ2n) is 8.74. The minimum absolute atomic E-state index is 0.00894. The van der Waals surface area contributed by atoms with Gasteiger partial charge in [0.2, 0.25) is 5.91 Å². The maximum atomic E-state index is 12.8. The maximum Gasteiger partial charge on any atom is 0.255 e. The Bertz CT molecular complexity index is 760. The van der Waals surface area contributed by atoms with E-state index < -0.39 is 0 Å². The Kier molecular flexibility index (Phi) is 4.66. The van der Waals surface area contributed by atoms with Crippen LogP contribution in [0.15, 0.2) is 30.5 Å². The Labute approximate surface area is 160 Å². The summed E-state index contributed by atoms with van der Waals surface area (Å²) in [4.78, 5) is 30.6. The third-order valence-electron chi connectivity index (χ3n) is 6.32. The van der Waals surface area contributed by atoms with Crippen molar-refractivity contribution in [2.75, 3.05) is 31.5 Å². The molecule has 3 aliphatic rings. The molecular formula is C21H28N4O2. The molecule has 0 saturated carbocycles. The van der Waals surface area contributed by atoms with Gasteiger partial charge in [-0.05, 0) is 43.2 Å². The Morgan fingerprint density at radius 3 is 2.89 bits per heavy atom. The van der Waals surface area contributed by atoms with Gasteiger partial charge in [-0.1, -0.05) is 19.1 Å². The molecule has 2 saturated heterocycles. The number of allylic oxidation sites excluding steroid dienone is 2. The van der Waals surface area contributed by atoms with Gasteiger partial charge in [0.05, 0.1) is 5.56 Å². The van der Waals surface area contributed by atoms with Crippen molar-refractivity contribution >= 4 is 17.6 Å². The molecule has 144 valence electrons. The first-order valence-electron chi connectivity index (χ1n) is 9.88. The molecule has 0 aromatic carbocycles. The number of aromatic nitrogens is 1. The highest BCUT2D eigenvalue weighted by molar-refractivity contribution is 5.94. The van der Waals surface area contributed by atoms with Crippen molar-refractivity contribution in [2.45, 2.75) is 39.0 Å². The highest BCUT2D eigenvalue weighted by Crippen LogP contribution is 2.37. The van der Waals surface area contributed by atoms with Crippen molar-refractivity contribution < 1.29 is 9.59 Å². The number of pyridine rings is 1. The molecule has 0 bridgehead atoms. The Morgan fingerprint density at radius 2 is 2.22 bits per heavy atom. The number of carbonyl (C=O) groups is 2. The van der Waals surface area contributed by atoms with E-state index in [1.54, 1.807) is 6.20 Å². The summed E-state index contributed by atoms with van der Waals surface area (Å²) < 4.78 is 0. The normalized spacial score (nSPS) is 30.0. The van der Waals surface area contributed by atoms with E-state index in [9.17, 15) is 9.59 Å². The summed E-state index contributed by atoms with van der Waals surface area (Å²) in [5, 5.41) is 6.32. The molecule has 1 spiro atoms. The number of amides is 2. The van der Waals surface area contributed by atoms with Gasteiger partial charge in [-0.2, -0.15) is 0 Å². The second kappa shape index (κ2) is 6.98. The first-order chi connectivity index (χ1) is 13.0. The summed E-state index contributed by atoms with van der Waals surface area (Å²) in [6.45, 7) is 5.22. The SMILES string of the molecule is CC1(CNc2ccc(C(=O)N3CCC4(CNC(=O)C4)C3)cn2)CC=CCC1. The zero-order valence-electron chi connectivity index (χ0n) is 16.0. The van der Waals surface area contributed by atoms with Crippen LogP contribution < -0.4 is 10.6 Å². The predicted octanol–water partition coefficient (Wildman–Crippen LogP) is 2.59. The quantitative estimate of drug-likeness (QED) is 0.801. The largest absolute Gasteiger partial charge is 0.370 e. The van der Waals surface area contributed by atoms with Crippen LogP contribution >= 0.6 is 0 Å². The fourth-order valence-electron chi connectivity index (χ4n) is 4.44. The molecule has 2 aliphatic heterocycles. The van der Waals surface area contributed by atoms with Crippen LogP contribution in [0.2, 0.25) is 0 Å².